The maximum absolute atomic E-state index is 13.8. The van der Waals surface area contributed by atoms with E-state index in [2.05, 4.69) is 58.5 Å². The van der Waals surface area contributed by atoms with Gasteiger partial charge in [0.05, 0.1) is 13.2 Å². The number of carbonyl (C=O) groups excluding carboxylic acids is 3. The molecule has 0 aliphatic carbocycles. The molecule has 0 aromatic rings. The summed E-state index contributed by atoms with van der Waals surface area (Å²) in [5, 5.41) is 0. The number of unbranched alkanes of at least 4 members (excludes halogenated alkanes) is 16. The predicted octanol–water partition coefficient (Wildman–Crippen LogP) is 12.9. The van der Waals surface area contributed by atoms with Gasteiger partial charge in [0.15, 0.2) is 0 Å². The Morgan fingerprint density at radius 2 is 0.963 bits per heavy atom. The third-order valence-electron chi connectivity index (χ3n) is 11.2. The molecule has 0 aromatic carbocycles. The quantitative estimate of drug-likeness (QED) is 0.0457. The van der Waals surface area contributed by atoms with Crippen molar-refractivity contribution in [1.29, 1.82) is 0 Å². The lowest BCUT2D eigenvalue weighted by Crippen LogP contribution is -2.41. The average molecular weight is 765 g/mol. The van der Waals surface area contributed by atoms with Crippen molar-refractivity contribution in [1.82, 2.24) is 9.80 Å². The average Bonchev–Trinajstić information content (AvgIpc) is 3.15. The zero-order chi connectivity index (χ0) is 40.1. The van der Waals surface area contributed by atoms with Crippen LogP contribution < -0.4 is 0 Å². The highest BCUT2D eigenvalue weighted by Crippen LogP contribution is 2.22. The first-order valence-corrected chi connectivity index (χ1v) is 23.4. The van der Waals surface area contributed by atoms with Gasteiger partial charge in [-0.15, -0.1) is 0 Å². The fraction of sp³-hybridized carbons (Fsp3) is 0.936. The Balaban J connectivity index is 4.89. The summed E-state index contributed by atoms with van der Waals surface area (Å²) in [5.41, 5.74) is 0. The highest BCUT2D eigenvalue weighted by Gasteiger charge is 2.23. The number of ether oxygens (including phenoxy) is 2. The predicted molar refractivity (Wildman–Crippen MR) is 230 cm³/mol. The van der Waals surface area contributed by atoms with Crippen LogP contribution >= 0.6 is 0 Å². The van der Waals surface area contributed by atoms with Crippen LogP contribution in [0.2, 0.25) is 0 Å². The van der Waals surface area contributed by atoms with E-state index in [-0.39, 0.29) is 11.9 Å². The van der Waals surface area contributed by atoms with Crippen molar-refractivity contribution in [2.24, 2.45) is 11.8 Å². The van der Waals surface area contributed by atoms with E-state index >= 15 is 0 Å². The molecular formula is C47H92N2O5. The van der Waals surface area contributed by atoms with E-state index in [0.717, 1.165) is 116 Å². The van der Waals surface area contributed by atoms with Gasteiger partial charge in [-0.3, -0.25) is 14.4 Å². The molecule has 0 fully saturated rings. The van der Waals surface area contributed by atoms with Crippen LogP contribution in [-0.4, -0.2) is 74.1 Å². The first-order valence-electron chi connectivity index (χ1n) is 23.4. The number of hydrogen-bond donors (Lipinski definition) is 0. The van der Waals surface area contributed by atoms with Gasteiger partial charge in [0.1, 0.15) is 0 Å². The molecule has 0 aromatic heterocycles. The minimum Gasteiger partial charge on any atom is -0.465 e. The lowest BCUT2D eigenvalue weighted by molar-refractivity contribution is -0.146. The van der Waals surface area contributed by atoms with Gasteiger partial charge in [-0.05, 0) is 83.8 Å². The van der Waals surface area contributed by atoms with Crippen molar-refractivity contribution >= 4 is 17.8 Å². The van der Waals surface area contributed by atoms with Gasteiger partial charge in [0.2, 0.25) is 5.91 Å². The number of esters is 2. The van der Waals surface area contributed by atoms with Gasteiger partial charge in [-0.2, -0.15) is 0 Å². The molecule has 54 heavy (non-hydrogen) atoms. The molecule has 0 saturated heterocycles. The highest BCUT2D eigenvalue weighted by molar-refractivity contribution is 5.76. The van der Waals surface area contributed by atoms with Gasteiger partial charge < -0.3 is 19.3 Å². The summed E-state index contributed by atoms with van der Waals surface area (Å²) in [7, 11) is 4.24. The molecule has 0 aliphatic heterocycles. The first-order chi connectivity index (χ1) is 26.2. The van der Waals surface area contributed by atoms with Crippen LogP contribution in [0.3, 0.4) is 0 Å². The maximum atomic E-state index is 13.8. The molecule has 3 atom stereocenters. The Labute approximate surface area is 336 Å². The van der Waals surface area contributed by atoms with E-state index in [9.17, 15) is 14.4 Å². The van der Waals surface area contributed by atoms with E-state index in [1.54, 1.807) is 0 Å². The SMILES string of the molecule is CCCCCCCCC(=O)N(CCCN(C)C)C(CCCCCCCCC(=O)OCC(C)CC)CCCCCCCCC(=O)OCC(CCC)CCCC. The molecule has 7 nitrogen and oxygen atoms in total. The molecule has 0 heterocycles. The van der Waals surface area contributed by atoms with E-state index < -0.39 is 0 Å². The van der Waals surface area contributed by atoms with E-state index in [0.29, 0.717) is 56.3 Å². The smallest absolute Gasteiger partial charge is 0.305 e. The van der Waals surface area contributed by atoms with Crippen molar-refractivity contribution in [3.8, 4) is 0 Å². The molecule has 320 valence electrons. The van der Waals surface area contributed by atoms with Crippen LogP contribution in [0.4, 0.5) is 0 Å². The lowest BCUT2D eigenvalue weighted by Gasteiger charge is -2.33. The highest BCUT2D eigenvalue weighted by atomic mass is 16.5. The fourth-order valence-corrected chi connectivity index (χ4v) is 7.36. The molecule has 0 aliphatic rings. The maximum Gasteiger partial charge on any atom is 0.305 e. The Morgan fingerprint density at radius 3 is 1.46 bits per heavy atom. The Hall–Kier alpha value is -1.63. The second kappa shape index (κ2) is 38.3. The number of hydrogen-bond acceptors (Lipinski definition) is 6. The van der Waals surface area contributed by atoms with Crippen molar-refractivity contribution < 1.29 is 23.9 Å². The van der Waals surface area contributed by atoms with Gasteiger partial charge in [-0.1, -0.05) is 157 Å². The van der Waals surface area contributed by atoms with E-state index in [1.165, 1.54) is 70.6 Å². The normalized spacial score (nSPS) is 13.2. The number of nitrogens with zero attached hydrogens (tertiary/aromatic N) is 2. The van der Waals surface area contributed by atoms with Crippen LogP contribution in [-0.2, 0) is 23.9 Å². The zero-order valence-corrected chi connectivity index (χ0v) is 37.2. The third kappa shape index (κ3) is 32.6. The Kier molecular flexibility index (Phi) is 37.1. The largest absolute Gasteiger partial charge is 0.465 e. The molecule has 7 heteroatoms. The second-order valence-corrected chi connectivity index (χ2v) is 16.9. The minimum absolute atomic E-state index is 0.0207. The Morgan fingerprint density at radius 1 is 0.481 bits per heavy atom. The van der Waals surface area contributed by atoms with Crippen LogP contribution in [0.1, 0.15) is 227 Å². The topological polar surface area (TPSA) is 76.2 Å². The summed E-state index contributed by atoms with van der Waals surface area (Å²) in [6.45, 7) is 13.9. The van der Waals surface area contributed by atoms with Gasteiger partial charge in [0.25, 0.3) is 0 Å². The molecule has 0 saturated carbocycles. The van der Waals surface area contributed by atoms with Gasteiger partial charge >= 0.3 is 11.9 Å². The molecule has 0 rings (SSSR count). The first kappa shape index (κ1) is 52.4. The Bertz CT molecular complexity index is 865. The van der Waals surface area contributed by atoms with Crippen LogP contribution in [0, 0.1) is 11.8 Å². The zero-order valence-electron chi connectivity index (χ0n) is 37.2. The summed E-state index contributed by atoms with van der Waals surface area (Å²) in [5.74, 6) is 1.25. The van der Waals surface area contributed by atoms with E-state index in [1.807, 2.05) is 0 Å². The second-order valence-electron chi connectivity index (χ2n) is 16.9. The standard InChI is InChI=1S/C47H92N2O5/c1-8-12-14-15-22-27-35-45(50)49(39-30-38-48(6)7)44(33-25-20-16-18-23-28-36-46(51)53-40-42(5)11-4)34-26-21-17-19-24-29-37-47(52)54-41-43(31-10-3)32-13-9-2/h42-44H,8-41H2,1-7H3. The lowest BCUT2D eigenvalue weighted by atomic mass is 9.97. The molecular weight excluding hydrogens is 673 g/mol. The molecule has 0 radical (unpaired) electrons. The minimum atomic E-state index is -0.0493. The summed E-state index contributed by atoms with van der Waals surface area (Å²) in [6.07, 6.45) is 32.5. The molecule has 1 amide bonds. The molecule has 3 unspecified atom stereocenters. The molecule has 0 bridgehead atoms. The summed E-state index contributed by atoms with van der Waals surface area (Å²) >= 11 is 0. The van der Waals surface area contributed by atoms with Crippen molar-refractivity contribution in [3.63, 3.8) is 0 Å². The summed E-state index contributed by atoms with van der Waals surface area (Å²) in [6, 6.07) is 0.323. The molecule has 0 N–H and O–H groups in total. The van der Waals surface area contributed by atoms with Crippen molar-refractivity contribution in [3.05, 3.63) is 0 Å². The molecule has 0 spiro atoms. The third-order valence-corrected chi connectivity index (χ3v) is 11.2. The van der Waals surface area contributed by atoms with Crippen molar-refractivity contribution in [2.75, 3.05) is 40.4 Å². The van der Waals surface area contributed by atoms with E-state index in [4.69, 9.17) is 9.47 Å². The monoisotopic (exact) mass is 765 g/mol. The van der Waals surface area contributed by atoms with Crippen LogP contribution in [0.25, 0.3) is 0 Å². The van der Waals surface area contributed by atoms with Crippen LogP contribution in [0.5, 0.6) is 0 Å². The summed E-state index contributed by atoms with van der Waals surface area (Å²) < 4.78 is 11.1. The number of rotatable bonds is 40. The van der Waals surface area contributed by atoms with Crippen molar-refractivity contribution in [2.45, 2.75) is 233 Å². The number of amides is 1. The fourth-order valence-electron chi connectivity index (χ4n) is 7.36. The van der Waals surface area contributed by atoms with Gasteiger partial charge in [-0.25, -0.2) is 0 Å². The summed E-state index contributed by atoms with van der Waals surface area (Å²) in [4.78, 5) is 42.7. The van der Waals surface area contributed by atoms with Crippen LogP contribution in [0.15, 0.2) is 0 Å². The van der Waals surface area contributed by atoms with Gasteiger partial charge in [0, 0.05) is 31.8 Å². The number of carbonyl (C=O) groups is 3.